The van der Waals surface area contributed by atoms with Gasteiger partial charge >= 0.3 is 0 Å². The fraction of sp³-hybridized carbons (Fsp3) is 0. The molecule has 0 spiro atoms. The number of hydrogen-bond acceptors (Lipinski definition) is 2. The van der Waals surface area contributed by atoms with Crippen molar-refractivity contribution in [1.29, 1.82) is 5.26 Å². The lowest BCUT2D eigenvalue weighted by molar-refractivity contribution is 0.628. The molecule has 1 N–H and O–H groups in total. The molecule has 0 radical (unpaired) electrons. The molecule has 0 heterocycles. The van der Waals surface area contributed by atoms with Crippen molar-refractivity contribution in [2.75, 3.05) is 5.32 Å². The molecule has 0 aromatic heterocycles. The van der Waals surface area contributed by atoms with Gasteiger partial charge in [-0.25, -0.2) is 4.39 Å². The third-order valence-electron chi connectivity index (χ3n) is 2.14. The van der Waals surface area contributed by atoms with Crippen LogP contribution in [0.15, 0.2) is 42.5 Å². The van der Waals surface area contributed by atoms with Crippen LogP contribution in [-0.2, 0) is 0 Å². The van der Waals surface area contributed by atoms with Gasteiger partial charge in [0.05, 0.1) is 11.6 Å². The van der Waals surface area contributed by atoms with Crippen LogP contribution in [0, 0.1) is 17.1 Å². The maximum Gasteiger partial charge on any atom is 0.126 e. The lowest BCUT2D eigenvalue weighted by Gasteiger charge is -2.07. The van der Waals surface area contributed by atoms with Crippen LogP contribution in [-0.4, -0.2) is 0 Å². The first-order chi connectivity index (χ1) is 8.17. The van der Waals surface area contributed by atoms with Gasteiger partial charge in [0, 0.05) is 16.4 Å². The largest absolute Gasteiger partial charge is 0.355 e. The lowest BCUT2D eigenvalue weighted by Crippen LogP contribution is -1.91. The Balaban J connectivity index is 2.28. The summed E-state index contributed by atoms with van der Waals surface area (Å²) in [7, 11) is 0. The molecule has 2 aromatic carbocycles. The molecule has 0 bridgehead atoms. The molecule has 0 aliphatic rings. The van der Waals surface area contributed by atoms with Crippen molar-refractivity contribution in [3.8, 4) is 6.07 Å². The minimum atomic E-state index is -0.406. The second-order valence-electron chi connectivity index (χ2n) is 3.48. The highest BCUT2D eigenvalue weighted by atomic mass is 35.5. The number of hydrogen-bond donors (Lipinski definition) is 1. The fourth-order valence-electron chi connectivity index (χ4n) is 1.46. The van der Waals surface area contributed by atoms with Gasteiger partial charge in [0.15, 0.2) is 0 Å². The van der Waals surface area contributed by atoms with E-state index < -0.39 is 5.82 Å². The van der Waals surface area contributed by atoms with Crippen molar-refractivity contribution in [2.24, 2.45) is 0 Å². The molecule has 17 heavy (non-hydrogen) atoms. The van der Waals surface area contributed by atoms with Crippen LogP contribution in [0.3, 0.4) is 0 Å². The first-order valence-corrected chi connectivity index (χ1v) is 5.28. The third kappa shape index (κ3) is 2.96. The summed E-state index contributed by atoms with van der Waals surface area (Å²) in [6.45, 7) is 0. The van der Waals surface area contributed by atoms with Crippen molar-refractivity contribution in [2.45, 2.75) is 0 Å². The van der Waals surface area contributed by atoms with Crippen molar-refractivity contribution >= 4 is 23.0 Å². The van der Waals surface area contributed by atoms with Gasteiger partial charge in [0.2, 0.25) is 0 Å². The minimum Gasteiger partial charge on any atom is -0.355 e. The summed E-state index contributed by atoms with van der Waals surface area (Å²) in [5.74, 6) is -0.406. The summed E-state index contributed by atoms with van der Waals surface area (Å²) >= 11 is 5.74. The van der Waals surface area contributed by atoms with Crippen LogP contribution in [0.25, 0.3) is 0 Å². The van der Waals surface area contributed by atoms with E-state index in [9.17, 15) is 4.39 Å². The average Bonchev–Trinajstić information content (AvgIpc) is 2.28. The predicted molar refractivity (Wildman–Crippen MR) is 65.8 cm³/mol. The van der Waals surface area contributed by atoms with E-state index in [4.69, 9.17) is 16.9 Å². The number of anilines is 2. The Morgan fingerprint density at radius 2 is 1.94 bits per heavy atom. The van der Waals surface area contributed by atoms with E-state index in [1.165, 1.54) is 12.1 Å². The quantitative estimate of drug-likeness (QED) is 0.866. The van der Waals surface area contributed by atoms with Gasteiger partial charge in [-0.3, -0.25) is 0 Å². The Morgan fingerprint density at radius 1 is 1.12 bits per heavy atom. The number of nitrogens with one attached hydrogen (secondary N) is 1. The van der Waals surface area contributed by atoms with E-state index in [1.54, 1.807) is 30.3 Å². The van der Waals surface area contributed by atoms with Crippen LogP contribution in [0.2, 0.25) is 5.02 Å². The smallest absolute Gasteiger partial charge is 0.126 e. The minimum absolute atomic E-state index is 0.323. The second-order valence-corrected chi connectivity index (χ2v) is 3.91. The molecule has 2 nitrogen and oxygen atoms in total. The van der Waals surface area contributed by atoms with Gasteiger partial charge in [0.1, 0.15) is 5.82 Å². The summed E-state index contributed by atoms with van der Waals surface area (Å²) in [5, 5.41) is 12.1. The molecule has 4 heteroatoms. The van der Waals surface area contributed by atoms with Crippen molar-refractivity contribution < 1.29 is 4.39 Å². The van der Waals surface area contributed by atoms with Gasteiger partial charge in [-0.1, -0.05) is 17.7 Å². The summed E-state index contributed by atoms with van der Waals surface area (Å²) in [5.41, 5.74) is 1.80. The van der Waals surface area contributed by atoms with Crippen LogP contribution >= 0.6 is 11.6 Å². The van der Waals surface area contributed by atoms with Gasteiger partial charge < -0.3 is 5.32 Å². The van der Waals surface area contributed by atoms with Gasteiger partial charge in [-0.2, -0.15) is 5.26 Å². The Labute approximate surface area is 103 Å². The number of rotatable bonds is 2. The zero-order valence-corrected chi connectivity index (χ0v) is 9.50. The van der Waals surface area contributed by atoms with Crippen molar-refractivity contribution in [3.05, 3.63) is 58.9 Å². The highest BCUT2D eigenvalue weighted by molar-refractivity contribution is 6.30. The first-order valence-electron chi connectivity index (χ1n) is 4.90. The monoisotopic (exact) mass is 246 g/mol. The van der Waals surface area contributed by atoms with E-state index in [-0.39, 0.29) is 0 Å². The molecule has 0 amide bonds. The molecule has 0 fully saturated rings. The van der Waals surface area contributed by atoms with E-state index in [1.807, 2.05) is 6.07 Å². The summed E-state index contributed by atoms with van der Waals surface area (Å²) < 4.78 is 13.1. The summed E-state index contributed by atoms with van der Waals surface area (Å²) in [6, 6.07) is 13.1. The lowest BCUT2D eigenvalue weighted by atomic mass is 10.2. The highest BCUT2D eigenvalue weighted by Crippen LogP contribution is 2.22. The molecule has 0 saturated carbocycles. The van der Waals surface area contributed by atoms with Crippen LogP contribution < -0.4 is 5.32 Å². The van der Waals surface area contributed by atoms with Crippen LogP contribution in [0.4, 0.5) is 15.8 Å². The third-order valence-corrected chi connectivity index (χ3v) is 2.36. The van der Waals surface area contributed by atoms with Gasteiger partial charge in [0.25, 0.3) is 0 Å². The van der Waals surface area contributed by atoms with E-state index in [0.29, 0.717) is 22.0 Å². The number of nitriles is 1. The van der Waals surface area contributed by atoms with Crippen LogP contribution in [0.5, 0.6) is 0 Å². The molecular weight excluding hydrogens is 239 g/mol. The van der Waals surface area contributed by atoms with E-state index in [2.05, 4.69) is 5.32 Å². The molecule has 0 aliphatic heterocycles. The highest BCUT2D eigenvalue weighted by Gasteiger charge is 2.00. The molecule has 2 aromatic rings. The van der Waals surface area contributed by atoms with Crippen LogP contribution in [0.1, 0.15) is 5.56 Å². The fourth-order valence-corrected chi connectivity index (χ4v) is 1.68. The molecule has 0 atom stereocenters. The summed E-state index contributed by atoms with van der Waals surface area (Å²) in [4.78, 5) is 0. The Morgan fingerprint density at radius 3 is 2.65 bits per heavy atom. The molecule has 2 rings (SSSR count). The predicted octanol–water partition coefficient (Wildman–Crippen LogP) is 4.09. The Bertz CT molecular complexity index is 570. The zero-order valence-electron chi connectivity index (χ0n) is 8.74. The van der Waals surface area contributed by atoms with Crippen molar-refractivity contribution in [3.63, 3.8) is 0 Å². The summed E-state index contributed by atoms with van der Waals surface area (Å²) in [6.07, 6.45) is 0. The number of benzene rings is 2. The maximum absolute atomic E-state index is 13.1. The molecular formula is C13H8ClFN2. The van der Waals surface area contributed by atoms with E-state index in [0.717, 1.165) is 0 Å². The zero-order chi connectivity index (χ0) is 12.3. The molecule has 84 valence electrons. The maximum atomic E-state index is 13.1. The molecule has 0 aliphatic carbocycles. The van der Waals surface area contributed by atoms with Crippen molar-refractivity contribution in [1.82, 2.24) is 0 Å². The standard InChI is InChI=1S/C13H8ClFN2/c14-10-5-11(15)7-13(6-10)17-12-3-1-2-9(4-12)8-16/h1-7,17H. The SMILES string of the molecule is N#Cc1cccc(Nc2cc(F)cc(Cl)c2)c1. The topological polar surface area (TPSA) is 35.8 Å². The Hall–Kier alpha value is -2.05. The second kappa shape index (κ2) is 4.86. The van der Waals surface area contributed by atoms with Gasteiger partial charge in [-0.15, -0.1) is 0 Å². The molecule has 0 unspecified atom stereocenters. The average molecular weight is 247 g/mol. The number of halogens is 2. The first kappa shape index (κ1) is 11.4. The van der Waals surface area contributed by atoms with Gasteiger partial charge in [-0.05, 0) is 36.4 Å². The molecule has 0 saturated heterocycles. The Kier molecular flexibility index (Phi) is 3.27. The van der Waals surface area contributed by atoms with E-state index >= 15 is 0 Å². The normalized spacial score (nSPS) is 9.71. The number of nitrogens with zero attached hydrogens (tertiary/aromatic N) is 1.